The van der Waals surface area contributed by atoms with Crippen LogP contribution in [0.3, 0.4) is 0 Å². The first kappa shape index (κ1) is 18.7. The quantitative estimate of drug-likeness (QED) is 0.805. The molecule has 1 N–H and O–H groups in total. The van der Waals surface area contributed by atoms with Crippen molar-refractivity contribution in [1.29, 1.82) is 0 Å². The molecule has 0 aliphatic carbocycles. The van der Waals surface area contributed by atoms with Gasteiger partial charge in [0.05, 0.1) is 18.5 Å². The third kappa shape index (κ3) is 3.67. The maximum atomic E-state index is 12.6. The summed E-state index contributed by atoms with van der Waals surface area (Å²) in [7, 11) is -3.61. The number of nitrogens with one attached hydrogen (secondary N) is 1. The molecule has 148 valence electrons. The molecule has 0 saturated heterocycles. The zero-order valence-corrected chi connectivity index (χ0v) is 16.4. The molecule has 1 amide bonds. The largest absolute Gasteiger partial charge is 0.476 e. The number of carbonyl (C=O) groups excluding carboxylic acids is 1. The van der Waals surface area contributed by atoms with Crippen LogP contribution in [0.2, 0.25) is 5.02 Å². The van der Waals surface area contributed by atoms with Crippen molar-refractivity contribution in [3.8, 4) is 17.2 Å². The number of nitrogens with zero attached hydrogens (tertiary/aromatic N) is 1. The van der Waals surface area contributed by atoms with Gasteiger partial charge in [-0.1, -0.05) is 17.7 Å². The highest BCUT2D eigenvalue weighted by molar-refractivity contribution is 7.92. The first-order valence-electron chi connectivity index (χ1n) is 8.41. The molecule has 4 rings (SSSR count). The van der Waals surface area contributed by atoms with Gasteiger partial charge in [-0.3, -0.25) is 9.10 Å². The highest BCUT2D eigenvalue weighted by atomic mass is 35.5. The average Bonchev–Trinajstić information content (AvgIpc) is 3.12. The van der Waals surface area contributed by atoms with Gasteiger partial charge in [-0.05, 0) is 35.9 Å². The summed E-state index contributed by atoms with van der Waals surface area (Å²) >= 11 is 5.97. The summed E-state index contributed by atoms with van der Waals surface area (Å²) in [6, 6.07) is 9.99. The SMILES string of the molecule is CS(=O)(=O)N1C[C@@H](C(=O)NCc2ccc3c(c2)OCO3)Oc2ccc(Cl)cc21. The number of hydrogen-bond donors (Lipinski definition) is 1. The zero-order chi connectivity index (χ0) is 19.9. The molecule has 2 aromatic rings. The fourth-order valence-electron chi connectivity index (χ4n) is 3.03. The Kier molecular flexibility index (Phi) is 4.72. The van der Waals surface area contributed by atoms with E-state index in [0.717, 1.165) is 16.1 Å². The number of benzene rings is 2. The maximum Gasteiger partial charge on any atom is 0.263 e. The summed E-state index contributed by atoms with van der Waals surface area (Å²) in [4.78, 5) is 12.6. The number of hydrogen-bond acceptors (Lipinski definition) is 6. The van der Waals surface area contributed by atoms with Gasteiger partial charge in [-0.25, -0.2) is 8.42 Å². The summed E-state index contributed by atoms with van der Waals surface area (Å²) < 4.78 is 41.8. The highest BCUT2D eigenvalue weighted by Crippen LogP contribution is 2.37. The van der Waals surface area contributed by atoms with Crippen LogP contribution >= 0.6 is 11.6 Å². The predicted molar refractivity (Wildman–Crippen MR) is 102 cm³/mol. The molecule has 0 unspecified atom stereocenters. The number of amides is 1. The number of fused-ring (bicyclic) bond motifs is 2. The van der Waals surface area contributed by atoms with Gasteiger partial charge in [-0.15, -0.1) is 0 Å². The van der Waals surface area contributed by atoms with Gasteiger partial charge in [0.25, 0.3) is 5.91 Å². The summed E-state index contributed by atoms with van der Waals surface area (Å²) in [6.45, 7) is 0.270. The van der Waals surface area contributed by atoms with E-state index < -0.39 is 22.0 Å². The van der Waals surface area contributed by atoms with Crippen LogP contribution < -0.4 is 23.8 Å². The Labute approximate surface area is 167 Å². The lowest BCUT2D eigenvalue weighted by Gasteiger charge is -2.34. The van der Waals surface area contributed by atoms with Gasteiger partial charge < -0.3 is 19.5 Å². The van der Waals surface area contributed by atoms with Crippen LogP contribution in [0.5, 0.6) is 17.2 Å². The van der Waals surface area contributed by atoms with Crippen molar-refractivity contribution in [3.05, 3.63) is 47.0 Å². The molecular formula is C18H17ClN2O6S. The number of halogens is 1. The van der Waals surface area contributed by atoms with E-state index in [-0.39, 0.29) is 25.6 Å². The Morgan fingerprint density at radius 1 is 1.18 bits per heavy atom. The lowest BCUT2D eigenvalue weighted by atomic mass is 10.2. The second-order valence-corrected chi connectivity index (χ2v) is 8.76. The second-order valence-electron chi connectivity index (χ2n) is 6.42. The molecule has 28 heavy (non-hydrogen) atoms. The van der Waals surface area contributed by atoms with Crippen LogP contribution in [0.4, 0.5) is 5.69 Å². The lowest BCUT2D eigenvalue weighted by molar-refractivity contribution is -0.127. The smallest absolute Gasteiger partial charge is 0.263 e. The molecule has 0 saturated carbocycles. The topological polar surface area (TPSA) is 94.2 Å². The third-order valence-electron chi connectivity index (χ3n) is 4.39. The van der Waals surface area contributed by atoms with Crippen molar-refractivity contribution < 1.29 is 27.4 Å². The Bertz CT molecular complexity index is 1040. The van der Waals surface area contributed by atoms with E-state index in [9.17, 15) is 13.2 Å². The van der Waals surface area contributed by atoms with Crippen LogP contribution in [0.15, 0.2) is 36.4 Å². The molecule has 1 atom stereocenters. The minimum atomic E-state index is -3.61. The molecule has 0 aromatic heterocycles. The van der Waals surface area contributed by atoms with E-state index >= 15 is 0 Å². The predicted octanol–water partition coefficient (Wildman–Crippen LogP) is 1.91. The molecule has 2 heterocycles. The van der Waals surface area contributed by atoms with E-state index in [2.05, 4.69) is 5.32 Å². The minimum absolute atomic E-state index is 0.140. The summed E-state index contributed by atoms with van der Waals surface area (Å²) in [6.07, 6.45) is 0.0855. The zero-order valence-electron chi connectivity index (χ0n) is 14.8. The third-order valence-corrected chi connectivity index (χ3v) is 5.77. The van der Waals surface area contributed by atoms with Crippen LogP contribution in [0.25, 0.3) is 0 Å². The lowest BCUT2D eigenvalue weighted by Crippen LogP contribution is -2.50. The molecule has 0 radical (unpaired) electrons. The van der Waals surface area contributed by atoms with Crippen LogP contribution in [0.1, 0.15) is 5.56 Å². The van der Waals surface area contributed by atoms with E-state index in [1.807, 2.05) is 6.07 Å². The summed E-state index contributed by atoms with van der Waals surface area (Å²) in [5.74, 6) is 1.13. The number of anilines is 1. The van der Waals surface area contributed by atoms with Crippen LogP contribution in [-0.4, -0.2) is 40.0 Å². The first-order valence-corrected chi connectivity index (χ1v) is 10.6. The van der Waals surface area contributed by atoms with Crippen molar-refractivity contribution >= 4 is 33.2 Å². The van der Waals surface area contributed by atoms with Gasteiger partial charge in [0.1, 0.15) is 5.75 Å². The molecule has 10 heteroatoms. The minimum Gasteiger partial charge on any atom is -0.476 e. The fourth-order valence-corrected chi connectivity index (χ4v) is 4.10. The first-order chi connectivity index (χ1) is 13.3. The van der Waals surface area contributed by atoms with Crippen LogP contribution in [-0.2, 0) is 21.4 Å². The summed E-state index contributed by atoms with van der Waals surface area (Å²) in [5, 5.41) is 3.14. The van der Waals surface area contributed by atoms with Crippen molar-refractivity contribution in [2.24, 2.45) is 0 Å². The van der Waals surface area contributed by atoms with E-state index in [1.165, 1.54) is 6.07 Å². The molecule has 2 aromatic carbocycles. The van der Waals surface area contributed by atoms with Crippen molar-refractivity contribution in [3.63, 3.8) is 0 Å². The molecule has 0 spiro atoms. The van der Waals surface area contributed by atoms with E-state index in [1.54, 1.807) is 24.3 Å². The van der Waals surface area contributed by atoms with Crippen molar-refractivity contribution in [2.45, 2.75) is 12.6 Å². The van der Waals surface area contributed by atoms with Crippen molar-refractivity contribution in [1.82, 2.24) is 5.32 Å². The van der Waals surface area contributed by atoms with Gasteiger partial charge in [0.2, 0.25) is 16.8 Å². The average molecular weight is 425 g/mol. The van der Waals surface area contributed by atoms with Crippen molar-refractivity contribution in [2.75, 3.05) is 23.9 Å². The molecule has 2 aliphatic rings. The summed E-state index contributed by atoms with van der Waals surface area (Å²) in [5.41, 5.74) is 1.13. The standard InChI is InChI=1S/C18H17ClN2O6S/c1-28(23,24)21-9-17(27-14-5-3-12(19)7-13(14)21)18(22)20-8-11-2-4-15-16(6-11)26-10-25-15/h2-7,17H,8-10H2,1H3,(H,20,22)/t17-/m0/s1. The molecular weight excluding hydrogens is 408 g/mol. The Morgan fingerprint density at radius 2 is 1.93 bits per heavy atom. The van der Waals surface area contributed by atoms with Gasteiger partial charge in [0.15, 0.2) is 17.6 Å². The van der Waals surface area contributed by atoms with Gasteiger partial charge in [-0.2, -0.15) is 0 Å². The monoisotopic (exact) mass is 424 g/mol. The number of sulfonamides is 1. The second kappa shape index (κ2) is 7.06. The molecule has 2 aliphatic heterocycles. The Hall–Kier alpha value is -2.65. The maximum absolute atomic E-state index is 12.6. The molecule has 0 bridgehead atoms. The highest BCUT2D eigenvalue weighted by Gasteiger charge is 2.35. The van der Waals surface area contributed by atoms with E-state index in [4.69, 9.17) is 25.8 Å². The number of carbonyl (C=O) groups is 1. The van der Waals surface area contributed by atoms with Crippen LogP contribution in [0, 0.1) is 0 Å². The molecule has 0 fully saturated rings. The fraction of sp³-hybridized carbons (Fsp3) is 0.278. The normalized spacial score (nSPS) is 17.6. The number of rotatable bonds is 4. The van der Waals surface area contributed by atoms with E-state index in [0.29, 0.717) is 22.2 Å². The Morgan fingerprint density at radius 3 is 2.71 bits per heavy atom. The van der Waals surface area contributed by atoms with Gasteiger partial charge in [0, 0.05) is 11.6 Å². The Balaban J connectivity index is 1.49. The number of ether oxygens (including phenoxy) is 3. The molecule has 8 nitrogen and oxygen atoms in total. The van der Waals surface area contributed by atoms with Gasteiger partial charge >= 0.3 is 0 Å².